The Hall–Kier alpha value is -2.16. The molecule has 0 radical (unpaired) electrons. The zero-order valence-corrected chi connectivity index (χ0v) is 15.7. The summed E-state index contributed by atoms with van der Waals surface area (Å²) in [5.74, 6) is 1.50. The normalized spacial score (nSPS) is 25.4. The van der Waals surface area contributed by atoms with Gasteiger partial charge in [0.1, 0.15) is 11.4 Å². The van der Waals surface area contributed by atoms with Crippen LogP contribution in [0.2, 0.25) is 0 Å². The monoisotopic (exact) mass is 340 g/mol. The largest absolute Gasteiger partial charge is 0.504 e. The summed E-state index contributed by atoms with van der Waals surface area (Å²) in [6.45, 7) is 10.5. The second-order valence-corrected chi connectivity index (χ2v) is 7.53. The van der Waals surface area contributed by atoms with Gasteiger partial charge in [0.25, 0.3) is 0 Å². The van der Waals surface area contributed by atoms with Gasteiger partial charge in [0.05, 0.1) is 7.11 Å². The van der Waals surface area contributed by atoms with Crippen molar-refractivity contribution in [2.75, 3.05) is 7.11 Å². The average molecular weight is 340 g/mol. The predicted octanol–water partition coefficient (Wildman–Crippen LogP) is 5.75. The van der Waals surface area contributed by atoms with Crippen molar-refractivity contribution < 1.29 is 14.6 Å². The number of methoxy groups -OCH3 is 1. The topological polar surface area (TPSA) is 38.7 Å². The summed E-state index contributed by atoms with van der Waals surface area (Å²) in [4.78, 5) is 0. The Balaban J connectivity index is 2.24. The van der Waals surface area contributed by atoms with Gasteiger partial charge in [0.2, 0.25) is 0 Å². The van der Waals surface area contributed by atoms with Crippen LogP contribution in [0.3, 0.4) is 0 Å². The van der Waals surface area contributed by atoms with Crippen LogP contribution < -0.4 is 9.47 Å². The maximum atomic E-state index is 10.9. The van der Waals surface area contributed by atoms with Crippen LogP contribution in [-0.2, 0) is 0 Å². The Morgan fingerprint density at radius 2 is 2.20 bits per heavy atom. The summed E-state index contributed by atoms with van der Waals surface area (Å²) in [5.41, 5.74) is 3.89. The number of hydrogen-bond donors (Lipinski definition) is 1. The molecule has 0 aromatic heterocycles. The van der Waals surface area contributed by atoms with Crippen molar-refractivity contribution >= 4 is 6.08 Å². The fourth-order valence-electron chi connectivity index (χ4n) is 3.82. The molecule has 1 unspecified atom stereocenters. The molecule has 1 aromatic rings. The molecular formula is C22H28O3. The summed E-state index contributed by atoms with van der Waals surface area (Å²) in [6.07, 6.45) is 10.3. The predicted molar refractivity (Wildman–Crippen MR) is 103 cm³/mol. The number of phenolic OH excluding ortho intramolecular Hbond substituents is 1. The molecule has 2 aliphatic heterocycles. The molecule has 1 aliphatic carbocycles. The number of fused-ring (bicyclic) bond motifs is 5. The van der Waals surface area contributed by atoms with Crippen LogP contribution in [0.25, 0.3) is 6.08 Å². The molecule has 0 fully saturated rings. The Morgan fingerprint density at radius 1 is 1.44 bits per heavy atom. The van der Waals surface area contributed by atoms with Crippen molar-refractivity contribution in [2.45, 2.75) is 58.0 Å². The highest BCUT2D eigenvalue weighted by Gasteiger charge is 2.32. The molecule has 3 nitrogen and oxygen atoms in total. The van der Waals surface area contributed by atoms with Crippen LogP contribution in [0.1, 0.15) is 63.5 Å². The number of allylic oxidation sites excluding steroid dienone is 3. The molecule has 1 N–H and O–H groups in total. The van der Waals surface area contributed by atoms with Crippen molar-refractivity contribution in [3.8, 4) is 17.2 Å². The molecule has 2 atom stereocenters. The molecular weight excluding hydrogens is 312 g/mol. The van der Waals surface area contributed by atoms with E-state index >= 15 is 0 Å². The third-order valence-corrected chi connectivity index (χ3v) is 5.38. The summed E-state index contributed by atoms with van der Waals surface area (Å²) >= 11 is 0. The molecule has 0 amide bonds. The minimum absolute atomic E-state index is 0.0595. The highest BCUT2D eigenvalue weighted by atomic mass is 16.5. The van der Waals surface area contributed by atoms with E-state index < -0.39 is 0 Å². The minimum atomic E-state index is -0.346. The first-order chi connectivity index (χ1) is 11.8. The number of ether oxygens (including phenoxy) is 2. The van der Waals surface area contributed by atoms with Gasteiger partial charge in [-0.15, -0.1) is 0 Å². The lowest BCUT2D eigenvalue weighted by molar-refractivity contribution is 0.127. The molecule has 0 spiro atoms. The zero-order chi connectivity index (χ0) is 18.2. The fourth-order valence-corrected chi connectivity index (χ4v) is 3.82. The van der Waals surface area contributed by atoms with E-state index in [0.717, 1.165) is 48.1 Å². The molecule has 0 saturated heterocycles. The molecule has 4 bridgehead atoms. The summed E-state index contributed by atoms with van der Waals surface area (Å²) in [7, 11) is 1.58. The van der Waals surface area contributed by atoms with Crippen LogP contribution in [0, 0.1) is 0 Å². The number of hydrogen-bond acceptors (Lipinski definition) is 3. The van der Waals surface area contributed by atoms with Crippen LogP contribution in [-0.4, -0.2) is 17.8 Å². The van der Waals surface area contributed by atoms with E-state index in [1.165, 1.54) is 5.57 Å². The maximum Gasteiger partial charge on any atom is 0.164 e. The summed E-state index contributed by atoms with van der Waals surface area (Å²) in [5, 5.41) is 10.9. The Labute approximate surface area is 150 Å². The zero-order valence-electron chi connectivity index (χ0n) is 15.7. The minimum Gasteiger partial charge on any atom is -0.504 e. The summed E-state index contributed by atoms with van der Waals surface area (Å²) < 4.78 is 11.8. The van der Waals surface area contributed by atoms with Gasteiger partial charge in [-0.05, 0) is 52.5 Å². The second-order valence-electron chi connectivity index (χ2n) is 7.53. The van der Waals surface area contributed by atoms with Crippen molar-refractivity contribution in [2.24, 2.45) is 0 Å². The van der Waals surface area contributed by atoms with Crippen LogP contribution in [0.15, 0.2) is 35.9 Å². The molecule has 3 heteroatoms. The molecule has 1 aromatic carbocycles. The third kappa shape index (κ3) is 3.33. The molecule has 2 heterocycles. The van der Waals surface area contributed by atoms with E-state index in [0.29, 0.717) is 5.75 Å². The smallest absolute Gasteiger partial charge is 0.164 e. The van der Waals surface area contributed by atoms with Crippen molar-refractivity contribution in [3.05, 3.63) is 47.1 Å². The number of benzene rings is 1. The number of phenols is 1. The van der Waals surface area contributed by atoms with Gasteiger partial charge in [-0.1, -0.05) is 29.9 Å². The van der Waals surface area contributed by atoms with Gasteiger partial charge < -0.3 is 14.6 Å². The first-order valence-electron chi connectivity index (χ1n) is 8.98. The van der Waals surface area contributed by atoms with E-state index in [4.69, 9.17) is 9.47 Å². The van der Waals surface area contributed by atoms with Gasteiger partial charge in [0, 0.05) is 23.1 Å². The second kappa shape index (κ2) is 6.62. The van der Waals surface area contributed by atoms with E-state index in [1.807, 2.05) is 6.92 Å². The average Bonchev–Trinajstić information content (AvgIpc) is 2.55. The van der Waals surface area contributed by atoms with E-state index in [1.54, 1.807) is 13.2 Å². The van der Waals surface area contributed by atoms with Crippen molar-refractivity contribution in [1.82, 2.24) is 0 Å². The highest BCUT2D eigenvalue weighted by Crippen LogP contribution is 2.49. The van der Waals surface area contributed by atoms with E-state index in [9.17, 15) is 5.11 Å². The van der Waals surface area contributed by atoms with Gasteiger partial charge >= 0.3 is 0 Å². The Morgan fingerprint density at radius 3 is 2.88 bits per heavy atom. The van der Waals surface area contributed by atoms with Gasteiger partial charge in [0.15, 0.2) is 11.5 Å². The Kier molecular flexibility index (Phi) is 4.68. The molecule has 3 aliphatic rings. The first kappa shape index (κ1) is 17.7. The molecule has 4 rings (SSSR count). The lowest BCUT2D eigenvalue weighted by atomic mass is 9.81. The lowest BCUT2D eigenvalue weighted by Crippen LogP contribution is -2.32. The van der Waals surface area contributed by atoms with E-state index in [2.05, 4.69) is 38.7 Å². The van der Waals surface area contributed by atoms with Crippen LogP contribution in [0.5, 0.6) is 17.2 Å². The molecule has 134 valence electrons. The van der Waals surface area contributed by atoms with Crippen LogP contribution >= 0.6 is 0 Å². The van der Waals surface area contributed by atoms with Crippen LogP contribution in [0.4, 0.5) is 0 Å². The fraction of sp³-hybridized carbons (Fsp3) is 0.455. The lowest BCUT2D eigenvalue weighted by Gasteiger charge is -2.34. The summed E-state index contributed by atoms with van der Waals surface area (Å²) in [6, 6.07) is 1.80. The quantitative estimate of drug-likeness (QED) is 0.697. The first-order valence-corrected chi connectivity index (χ1v) is 8.98. The number of rotatable bonds is 2. The maximum absolute atomic E-state index is 10.9. The number of aromatic hydroxyl groups is 1. The van der Waals surface area contributed by atoms with Gasteiger partial charge in [-0.25, -0.2) is 0 Å². The van der Waals surface area contributed by atoms with Crippen molar-refractivity contribution in [1.29, 1.82) is 0 Å². The van der Waals surface area contributed by atoms with Crippen molar-refractivity contribution in [3.63, 3.8) is 0 Å². The van der Waals surface area contributed by atoms with Gasteiger partial charge in [-0.2, -0.15) is 0 Å². The Bertz CT molecular complexity index is 757. The standard InChI is InChI=1S/C22H28O3/c1-14(2)16-9-8-15(3)7-6-11-22(4)12-10-17-18(25-22)13-19(24-5)21(23)20(16)17/h7,10,12-13,16,23H,1,6,8-9,11H2,2-5H3/t16?,22-/m1/s1. The molecule has 25 heavy (non-hydrogen) atoms. The third-order valence-electron chi connectivity index (χ3n) is 5.38. The highest BCUT2D eigenvalue weighted by molar-refractivity contribution is 5.72. The SMILES string of the molecule is C=C(C)C1CCC(C)=CCC[C@]2(C)C=Cc3c(cc(OC)c(O)c31)O2. The molecule has 0 saturated carbocycles. The van der Waals surface area contributed by atoms with Gasteiger partial charge in [-0.3, -0.25) is 0 Å². The van der Waals surface area contributed by atoms with E-state index in [-0.39, 0.29) is 17.3 Å².